The highest BCUT2D eigenvalue weighted by Gasteiger charge is 2.34. The van der Waals surface area contributed by atoms with Crippen molar-refractivity contribution in [2.24, 2.45) is 0 Å². The van der Waals surface area contributed by atoms with E-state index in [9.17, 15) is 18.0 Å². The molecule has 1 N–H and O–H groups in total. The van der Waals surface area contributed by atoms with Crippen molar-refractivity contribution in [1.29, 1.82) is 0 Å². The molecule has 0 bridgehead atoms. The highest BCUT2D eigenvalue weighted by molar-refractivity contribution is 7.92. The quantitative estimate of drug-likeness (QED) is 0.184. The van der Waals surface area contributed by atoms with Crippen LogP contribution in [0.25, 0.3) is 0 Å². The van der Waals surface area contributed by atoms with Gasteiger partial charge in [0.15, 0.2) is 0 Å². The van der Waals surface area contributed by atoms with Crippen LogP contribution in [0.1, 0.15) is 43.2 Å². The van der Waals surface area contributed by atoms with Crippen LogP contribution in [0.5, 0.6) is 11.5 Å². The van der Waals surface area contributed by atoms with Crippen LogP contribution in [0.2, 0.25) is 0 Å². The summed E-state index contributed by atoms with van der Waals surface area (Å²) in [4.78, 5) is 29.9. The van der Waals surface area contributed by atoms with Crippen molar-refractivity contribution in [2.45, 2.75) is 57.2 Å². The Morgan fingerprint density at radius 3 is 1.89 bits per heavy atom. The van der Waals surface area contributed by atoms with Gasteiger partial charge in [0.2, 0.25) is 21.8 Å². The summed E-state index contributed by atoms with van der Waals surface area (Å²) < 4.78 is 33.2. The van der Waals surface area contributed by atoms with Gasteiger partial charge >= 0.3 is 0 Å². The first-order valence-electron chi connectivity index (χ1n) is 15.7. The lowest BCUT2D eigenvalue weighted by molar-refractivity contribution is -0.140. The third-order valence-electron chi connectivity index (χ3n) is 8.20. The number of anilines is 1. The van der Waals surface area contributed by atoms with Gasteiger partial charge in [0.1, 0.15) is 24.1 Å². The number of hydrogen-bond acceptors (Lipinski definition) is 5. The van der Waals surface area contributed by atoms with E-state index in [1.807, 2.05) is 91.0 Å². The van der Waals surface area contributed by atoms with Crippen LogP contribution in [-0.2, 0) is 32.6 Å². The van der Waals surface area contributed by atoms with E-state index in [1.165, 1.54) is 4.90 Å². The lowest BCUT2D eigenvalue weighted by atomic mass is 9.94. The molecule has 1 aliphatic carbocycles. The Kier molecular flexibility index (Phi) is 11.1. The Balaban J connectivity index is 1.44. The van der Waals surface area contributed by atoms with Gasteiger partial charge in [0, 0.05) is 19.0 Å². The van der Waals surface area contributed by atoms with Gasteiger partial charge in [-0.3, -0.25) is 13.9 Å². The molecule has 0 unspecified atom stereocenters. The van der Waals surface area contributed by atoms with Crippen molar-refractivity contribution < 1.29 is 22.7 Å². The first-order chi connectivity index (χ1) is 22.3. The molecule has 4 aromatic carbocycles. The first kappa shape index (κ1) is 32.8. The van der Waals surface area contributed by atoms with E-state index in [0.717, 1.165) is 53.8 Å². The fraction of sp³-hybridized carbons (Fsp3) is 0.297. The summed E-state index contributed by atoms with van der Waals surface area (Å²) >= 11 is 0. The highest BCUT2D eigenvalue weighted by Crippen LogP contribution is 2.26. The van der Waals surface area contributed by atoms with Crippen molar-refractivity contribution in [3.63, 3.8) is 0 Å². The molecule has 240 valence electrons. The van der Waals surface area contributed by atoms with Crippen molar-refractivity contribution in [3.8, 4) is 11.5 Å². The summed E-state index contributed by atoms with van der Waals surface area (Å²) in [6.07, 6.45) is 6.44. The number of rotatable bonds is 13. The van der Waals surface area contributed by atoms with Gasteiger partial charge in [-0.25, -0.2) is 8.42 Å². The summed E-state index contributed by atoms with van der Waals surface area (Å²) in [6, 6.07) is 34.1. The minimum absolute atomic E-state index is 0.0531. The van der Waals surface area contributed by atoms with Gasteiger partial charge in [-0.1, -0.05) is 98.1 Å². The molecule has 5 rings (SSSR count). The van der Waals surface area contributed by atoms with E-state index >= 15 is 0 Å². The second kappa shape index (κ2) is 15.6. The smallest absolute Gasteiger partial charge is 0.244 e. The van der Waals surface area contributed by atoms with Crippen LogP contribution in [0.3, 0.4) is 0 Å². The predicted molar refractivity (Wildman–Crippen MR) is 181 cm³/mol. The third-order valence-corrected chi connectivity index (χ3v) is 9.34. The third kappa shape index (κ3) is 9.20. The molecule has 46 heavy (non-hydrogen) atoms. The summed E-state index contributed by atoms with van der Waals surface area (Å²) in [5.74, 6) is 0.479. The number of hydrogen-bond donors (Lipinski definition) is 1. The second-order valence-corrected chi connectivity index (χ2v) is 13.6. The number of sulfonamides is 1. The van der Waals surface area contributed by atoms with Crippen molar-refractivity contribution in [2.75, 3.05) is 17.1 Å². The SMILES string of the molecule is CS(=O)(=O)N(CC(=O)N(Cc1ccccc1)[C@H](Cc1ccccc1)C(=O)NC1CCCCC1)c1ccc(Oc2ccccc2)cc1. The molecule has 2 amide bonds. The number of ether oxygens (including phenoxy) is 1. The highest BCUT2D eigenvalue weighted by atomic mass is 32.2. The van der Waals surface area contributed by atoms with E-state index in [4.69, 9.17) is 4.74 Å². The van der Waals surface area contributed by atoms with Crippen LogP contribution < -0.4 is 14.4 Å². The van der Waals surface area contributed by atoms with E-state index in [2.05, 4.69) is 5.32 Å². The van der Waals surface area contributed by atoms with Gasteiger partial charge in [-0.15, -0.1) is 0 Å². The maximum absolute atomic E-state index is 14.3. The Bertz CT molecular complexity index is 1660. The van der Waals surface area contributed by atoms with E-state index < -0.39 is 28.5 Å². The lowest BCUT2D eigenvalue weighted by Crippen LogP contribution is -2.55. The Hall–Kier alpha value is -4.63. The van der Waals surface area contributed by atoms with Crippen LogP contribution in [0, 0.1) is 0 Å². The van der Waals surface area contributed by atoms with Crippen LogP contribution in [0.4, 0.5) is 5.69 Å². The molecule has 1 aliphatic rings. The molecule has 0 spiro atoms. The fourth-order valence-corrected chi connectivity index (χ4v) is 6.65. The molecule has 1 saturated carbocycles. The molecule has 8 nitrogen and oxygen atoms in total. The van der Waals surface area contributed by atoms with Gasteiger partial charge in [0.25, 0.3) is 0 Å². The minimum atomic E-state index is -3.87. The maximum atomic E-state index is 14.3. The number of nitrogens with zero attached hydrogens (tertiary/aromatic N) is 2. The van der Waals surface area contributed by atoms with E-state index in [0.29, 0.717) is 23.6 Å². The van der Waals surface area contributed by atoms with Gasteiger partial charge < -0.3 is 15.0 Å². The summed E-state index contributed by atoms with van der Waals surface area (Å²) in [6.45, 7) is -0.316. The second-order valence-electron chi connectivity index (χ2n) is 11.7. The molecule has 0 saturated heterocycles. The number of amides is 2. The maximum Gasteiger partial charge on any atom is 0.244 e. The number of para-hydroxylation sites is 1. The Morgan fingerprint density at radius 1 is 0.761 bits per heavy atom. The molecule has 4 aromatic rings. The molecule has 9 heteroatoms. The number of nitrogens with one attached hydrogen (secondary N) is 1. The normalized spacial score (nSPS) is 14.2. The number of carbonyl (C=O) groups excluding carboxylic acids is 2. The average Bonchev–Trinajstić information content (AvgIpc) is 3.07. The molecule has 0 radical (unpaired) electrons. The largest absolute Gasteiger partial charge is 0.457 e. The van der Waals surface area contributed by atoms with Gasteiger partial charge in [0.05, 0.1) is 11.9 Å². The Morgan fingerprint density at radius 2 is 1.30 bits per heavy atom. The van der Waals surface area contributed by atoms with Crippen molar-refractivity contribution in [3.05, 3.63) is 126 Å². The zero-order valence-corrected chi connectivity index (χ0v) is 26.9. The van der Waals surface area contributed by atoms with Crippen LogP contribution >= 0.6 is 0 Å². The summed E-state index contributed by atoms with van der Waals surface area (Å²) in [7, 11) is -3.87. The monoisotopic (exact) mass is 639 g/mol. The molecule has 1 fully saturated rings. The average molecular weight is 640 g/mol. The number of benzene rings is 4. The van der Waals surface area contributed by atoms with Crippen molar-refractivity contribution >= 4 is 27.5 Å². The van der Waals surface area contributed by atoms with E-state index in [1.54, 1.807) is 24.3 Å². The summed E-state index contributed by atoms with van der Waals surface area (Å²) in [5, 5.41) is 3.22. The molecule has 0 aliphatic heterocycles. The molecule has 0 aromatic heterocycles. The van der Waals surface area contributed by atoms with Crippen LogP contribution in [0.15, 0.2) is 115 Å². The molecular formula is C37H41N3O5S. The topological polar surface area (TPSA) is 96.0 Å². The molecule has 1 atom stereocenters. The zero-order chi connectivity index (χ0) is 32.4. The van der Waals surface area contributed by atoms with E-state index in [-0.39, 0.29) is 18.5 Å². The standard InChI is InChI=1S/C37H41N3O5S/c1-46(43,44)40(32-22-24-34(25-23-32)45-33-20-12-5-13-21-33)28-36(41)39(27-30-16-8-3-9-17-30)35(26-29-14-6-2-7-15-29)37(42)38-31-18-10-4-11-19-31/h2-3,5-9,12-17,20-25,31,35H,4,10-11,18-19,26-28H2,1H3,(H,38,42)/t35-/m1/s1. The zero-order valence-electron chi connectivity index (χ0n) is 26.1. The Labute approximate surface area is 272 Å². The lowest BCUT2D eigenvalue weighted by Gasteiger charge is -2.35. The van der Waals surface area contributed by atoms with Gasteiger partial charge in [-0.05, 0) is 60.4 Å². The van der Waals surface area contributed by atoms with Gasteiger partial charge in [-0.2, -0.15) is 0 Å². The van der Waals surface area contributed by atoms with Crippen LogP contribution in [-0.4, -0.2) is 50.0 Å². The molecule has 0 heterocycles. The first-order valence-corrected chi connectivity index (χ1v) is 17.6. The minimum Gasteiger partial charge on any atom is -0.457 e. The summed E-state index contributed by atoms with van der Waals surface area (Å²) in [5.41, 5.74) is 2.07. The number of carbonyl (C=O) groups is 2. The predicted octanol–water partition coefficient (Wildman–Crippen LogP) is 6.33. The van der Waals surface area contributed by atoms with Crippen molar-refractivity contribution in [1.82, 2.24) is 10.2 Å². The fourth-order valence-electron chi connectivity index (χ4n) is 5.80. The molecular weight excluding hydrogens is 598 g/mol.